The van der Waals surface area contributed by atoms with Gasteiger partial charge in [-0.1, -0.05) is 47.5 Å². The number of ether oxygens (including phenoxy) is 1. The van der Waals surface area contributed by atoms with Crippen LogP contribution in [0.3, 0.4) is 0 Å². The molecule has 0 unspecified atom stereocenters. The van der Waals surface area contributed by atoms with Crippen molar-refractivity contribution in [2.45, 2.75) is 19.4 Å². The van der Waals surface area contributed by atoms with Crippen molar-refractivity contribution in [1.82, 2.24) is 9.47 Å². The maximum atomic E-state index is 13.2. The standard InChI is InChI=1S/C23H22Cl2N2O3/c1-30-23(29)18-14-27(21-5-3-2-4-17(18)21)22(28)16-8-10-26(11-9-16)13-15-6-7-19(24)20(25)12-15/h2-7,12,14,16H,8-11,13H2,1H3. The van der Waals surface area contributed by atoms with Gasteiger partial charge >= 0.3 is 5.97 Å². The monoisotopic (exact) mass is 444 g/mol. The van der Waals surface area contributed by atoms with Crippen LogP contribution >= 0.6 is 23.2 Å². The van der Waals surface area contributed by atoms with Gasteiger partial charge in [0.1, 0.15) is 0 Å². The van der Waals surface area contributed by atoms with Crippen LogP contribution < -0.4 is 0 Å². The van der Waals surface area contributed by atoms with Gasteiger partial charge in [-0.15, -0.1) is 0 Å². The van der Waals surface area contributed by atoms with E-state index in [1.807, 2.05) is 42.5 Å². The van der Waals surface area contributed by atoms with Crippen molar-refractivity contribution in [3.63, 3.8) is 0 Å². The van der Waals surface area contributed by atoms with Crippen LogP contribution in [0.2, 0.25) is 10.0 Å². The van der Waals surface area contributed by atoms with Crippen molar-refractivity contribution >= 4 is 46.0 Å². The predicted octanol–water partition coefficient (Wildman–Crippen LogP) is 5.29. The Morgan fingerprint density at radius 2 is 1.80 bits per heavy atom. The molecule has 1 fully saturated rings. The zero-order chi connectivity index (χ0) is 21.3. The average Bonchev–Trinajstić information content (AvgIpc) is 3.15. The fourth-order valence-electron chi connectivity index (χ4n) is 4.07. The van der Waals surface area contributed by atoms with Gasteiger partial charge in [-0.2, -0.15) is 0 Å². The number of carbonyl (C=O) groups is 2. The normalized spacial score (nSPS) is 15.4. The van der Waals surface area contributed by atoms with Crippen LogP contribution in [0.25, 0.3) is 10.9 Å². The molecule has 0 saturated carbocycles. The smallest absolute Gasteiger partial charge is 0.340 e. The van der Waals surface area contributed by atoms with Crippen LogP contribution in [-0.4, -0.2) is 41.5 Å². The Morgan fingerprint density at radius 3 is 2.50 bits per heavy atom. The van der Waals surface area contributed by atoms with Gasteiger partial charge in [0, 0.05) is 24.0 Å². The molecule has 2 aromatic carbocycles. The molecule has 156 valence electrons. The number of esters is 1. The summed E-state index contributed by atoms with van der Waals surface area (Å²) in [4.78, 5) is 27.7. The number of halogens is 2. The molecule has 7 heteroatoms. The number of aromatic nitrogens is 1. The van der Waals surface area contributed by atoms with Crippen molar-refractivity contribution in [2.75, 3.05) is 20.2 Å². The average molecular weight is 445 g/mol. The molecular formula is C23H22Cl2N2O3. The molecule has 1 saturated heterocycles. The number of carbonyl (C=O) groups excluding carboxylic acids is 2. The van der Waals surface area contributed by atoms with Crippen LogP contribution in [-0.2, 0) is 11.3 Å². The summed E-state index contributed by atoms with van der Waals surface area (Å²) in [6.07, 6.45) is 3.14. The SMILES string of the molecule is COC(=O)c1cn(C(=O)C2CCN(Cc3ccc(Cl)c(Cl)c3)CC2)c2ccccc12. The van der Waals surface area contributed by atoms with E-state index in [1.165, 1.54) is 7.11 Å². The minimum atomic E-state index is -0.436. The summed E-state index contributed by atoms with van der Waals surface area (Å²) in [7, 11) is 1.35. The minimum Gasteiger partial charge on any atom is -0.465 e. The third kappa shape index (κ3) is 4.10. The fourth-order valence-corrected chi connectivity index (χ4v) is 4.39. The van der Waals surface area contributed by atoms with E-state index in [9.17, 15) is 9.59 Å². The molecule has 0 bridgehead atoms. The van der Waals surface area contributed by atoms with E-state index in [4.69, 9.17) is 27.9 Å². The van der Waals surface area contributed by atoms with Gasteiger partial charge in [0.25, 0.3) is 0 Å². The van der Waals surface area contributed by atoms with Gasteiger partial charge in [0.05, 0.1) is 28.2 Å². The number of benzene rings is 2. The topological polar surface area (TPSA) is 51.5 Å². The van der Waals surface area contributed by atoms with E-state index >= 15 is 0 Å². The highest BCUT2D eigenvalue weighted by Crippen LogP contribution is 2.28. The number of likely N-dealkylation sites (tertiary alicyclic amines) is 1. The van der Waals surface area contributed by atoms with Gasteiger partial charge in [0.15, 0.2) is 0 Å². The van der Waals surface area contributed by atoms with Crippen LogP contribution in [0.15, 0.2) is 48.7 Å². The summed E-state index contributed by atoms with van der Waals surface area (Å²) < 4.78 is 6.49. The number of hydrogen-bond donors (Lipinski definition) is 0. The van der Waals surface area contributed by atoms with Gasteiger partial charge in [-0.25, -0.2) is 4.79 Å². The lowest BCUT2D eigenvalue weighted by atomic mass is 9.95. The molecule has 0 amide bonds. The summed E-state index contributed by atoms with van der Waals surface area (Å²) in [6.45, 7) is 2.41. The first-order valence-electron chi connectivity index (χ1n) is 9.87. The van der Waals surface area contributed by atoms with Crippen LogP contribution in [0.5, 0.6) is 0 Å². The van der Waals surface area contributed by atoms with Gasteiger partial charge < -0.3 is 4.74 Å². The van der Waals surface area contributed by atoms with E-state index in [2.05, 4.69) is 4.90 Å². The molecule has 3 aromatic rings. The summed E-state index contributed by atoms with van der Waals surface area (Å²) in [5.74, 6) is -0.499. The summed E-state index contributed by atoms with van der Waals surface area (Å²) in [5.41, 5.74) is 2.26. The van der Waals surface area contributed by atoms with E-state index in [0.717, 1.165) is 48.9 Å². The summed E-state index contributed by atoms with van der Waals surface area (Å²) in [5, 5.41) is 1.84. The van der Waals surface area contributed by atoms with E-state index in [0.29, 0.717) is 15.6 Å². The number of fused-ring (bicyclic) bond motifs is 1. The fraction of sp³-hybridized carbons (Fsp3) is 0.304. The molecule has 2 heterocycles. The third-order valence-electron chi connectivity index (χ3n) is 5.68. The second kappa shape index (κ2) is 8.80. The zero-order valence-electron chi connectivity index (χ0n) is 16.6. The largest absolute Gasteiger partial charge is 0.465 e. The first kappa shape index (κ1) is 20.9. The van der Waals surface area contributed by atoms with Gasteiger partial charge in [0.2, 0.25) is 5.91 Å². The molecule has 0 atom stereocenters. The van der Waals surface area contributed by atoms with Crippen LogP contribution in [0, 0.1) is 5.92 Å². The number of methoxy groups -OCH3 is 1. The first-order chi connectivity index (χ1) is 14.5. The Morgan fingerprint density at radius 1 is 1.07 bits per heavy atom. The Bertz CT molecular complexity index is 1100. The number of nitrogens with zero attached hydrogens (tertiary/aromatic N) is 2. The van der Waals surface area contributed by atoms with Gasteiger partial charge in [-0.3, -0.25) is 14.3 Å². The Labute approximate surface area is 185 Å². The van der Waals surface area contributed by atoms with Crippen LogP contribution in [0.1, 0.15) is 33.6 Å². The number of piperidine rings is 1. The lowest BCUT2D eigenvalue weighted by Crippen LogP contribution is -2.37. The zero-order valence-corrected chi connectivity index (χ0v) is 18.1. The Kier molecular flexibility index (Phi) is 6.14. The molecule has 4 rings (SSSR count). The van der Waals surface area contributed by atoms with Crippen molar-refractivity contribution < 1.29 is 14.3 Å². The molecule has 30 heavy (non-hydrogen) atoms. The molecule has 0 N–H and O–H groups in total. The molecule has 1 aliphatic heterocycles. The first-order valence-corrected chi connectivity index (χ1v) is 10.6. The van der Waals surface area contributed by atoms with Crippen molar-refractivity contribution in [1.29, 1.82) is 0 Å². The third-order valence-corrected chi connectivity index (χ3v) is 6.42. The second-order valence-electron chi connectivity index (χ2n) is 7.56. The maximum Gasteiger partial charge on any atom is 0.340 e. The van der Waals surface area contributed by atoms with E-state index < -0.39 is 5.97 Å². The molecule has 5 nitrogen and oxygen atoms in total. The second-order valence-corrected chi connectivity index (χ2v) is 8.37. The van der Waals surface area contributed by atoms with E-state index in [-0.39, 0.29) is 11.8 Å². The Hall–Kier alpha value is -2.34. The summed E-state index contributed by atoms with van der Waals surface area (Å²) in [6, 6.07) is 13.1. The highest BCUT2D eigenvalue weighted by molar-refractivity contribution is 6.42. The Balaban J connectivity index is 1.47. The summed E-state index contributed by atoms with van der Waals surface area (Å²) >= 11 is 12.1. The van der Waals surface area contributed by atoms with E-state index in [1.54, 1.807) is 10.8 Å². The minimum absolute atomic E-state index is 0.0236. The highest BCUT2D eigenvalue weighted by Gasteiger charge is 2.28. The molecular weight excluding hydrogens is 423 g/mol. The van der Waals surface area contributed by atoms with Crippen molar-refractivity contribution in [3.05, 3.63) is 69.8 Å². The quantitative estimate of drug-likeness (QED) is 0.513. The van der Waals surface area contributed by atoms with Crippen molar-refractivity contribution in [3.8, 4) is 0 Å². The molecule has 0 radical (unpaired) electrons. The van der Waals surface area contributed by atoms with Crippen molar-refractivity contribution in [2.24, 2.45) is 5.92 Å². The number of para-hydroxylation sites is 1. The lowest BCUT2D eigenvalue weighted by Gasteiger charge is -2.31. The van der Waals surface area contributed by atoms with Crippen LogP contribution in [0.4, 0.5) is 0 Å². The molecule has 1 aromatic heterocycles. The molecule has 0 spiro atoms. The molecule has 1 aliphatic rings. The maximum absolute atomic E-state index is 13.2. The highest BCUT2D eigenvalue weighted by atomic mass is 35.5. The predicted molar refractivity (Wildman–Crippen MR) is 118 cm³/mol. The molecule has 0 aliphatic carbocycles. The van der Waals surface area contributed by atoms with Gasteiger partial charge in [-0.05, 0) is 49.7 Å². The lowest BCUT2D eigenvalue weighted by molar-refractivity contribution is 0.0603. The number of hydrogen-bond acceptors (Lipinski definition) is 4. The number of rotatable bonds is 4.